The fourth-order valence-electron chi connectivity index (χ4n) is 0.288. The molecule has 0 aromatic rings. The molecule has 0 heterocycles. The average molecular weight is 266 g/mol. The fourth-order valence-corrected chi connectivity index (χ4v) is 5.79. The molecular weight excluding hydrogens is 258 g/mol. The third kappa shape index (κ3) is 8.02. The predicted molar refractivity (Wildman–Crippen MR) is 42.8 cm³/mol. The molecule has 0 saturated heterocycles. The number of rotatable bonds is 5. The number of nitrogens with zero attached hydrogens (tertiary/aromatic N) is 2. The minimum absolute atomic E-state index is 0.674. The van der Waals surface area contributed by atoms with Gasteiger partial charge in [0, 0.05) is 0 Å². The van der Waals surface area contributed by atoms with Crippen molar-refractivity contribution in [1.82, 2.24) is 0 Å². The molecule has 4 heteroatoms. The molecule has 0 aromatic carbocycles. The van der Waals surface area contributed by atoms with Crippen LogP contribution in [-0.2, 0) is 0 Å². The Hall–Kier alpha value is 0.0190. The molecule has 0 aliphatic heterocycles. The van der Waals surface area contributed by atoms with Crippen LogP contribution in [0, 0.1) is 17.9 Å². The van der Waals surface area contributed by atoms with Gasteiger partial charge in [-0.3, -0.25) is 0 Å². The molecule has 0 fully saturated rings. The van der Waals surface area contributed by atoms with Crippen LogP contribution in [0.4, 0.5) is 0 Å². The maximum absolute atomic E-state index is 8.19. The second-order valence-electron chi connectivity index (χ2n) is 1.43. The van der Waals surface area contributed by atoms with Crippen LogP contribution in [0.15, 0.2) is 0 Å². The van der Waals surface area contributed by atoms with Crippen LogP contribution in [0.3, 0.4) is 0 Å². The topological polar surface area (TPSA) is 28.1 Å². The van der Waals surface area contributed by atoms with E-state index in [9.17, 15) is 0 Å². The maximum atomic E-state index is 8.19. The summed E-state index contributed by atoms with van der Waals surface area (Å²) in [5, 5.41) is 10.4. The SMILES string of the molecule is [C-]#[N+]CC[Se][Se]CCC#N. The Morgan fingerprint density at radius 1 is 1.40 bits per heavy atom. The van der Waals surface area contributed by atoms with E-state index in [0.29, 0.717) is 39.2 Å². The van der Waals surface area contributed by atoms with E-state index in [1.807, 2.05) is 0 Å². The zero-order valence-electron chi connectivity index (χ0n) is 5.54. The van der Waals surface area contributed by atoms with E-state index in [1.54, 1.807) is 0 Å². The molecular formula is C6H8N2Se2. The van der Waals surface area contributed by atoms with Crippen molar-refractivity contribution in [1.29, 1.82) is 5.26 Å². The Morgan fingerprint density at radius 2 is 2.10 bits per heavy atom. The van der Waals surface area contributed by atoms with Gasteiger partial charge in [-0.15, -0.1) is 0 Å². The van der Waals surface area contributed by atoms with Crippen LogP contribution in [0.2, 0.25) is 10.6 Å². The van der Waals surface area contributed by atoms with Crippen molar-refractivity contribution < 1.29 is 0 Å². The minimum atomic E-state index is 0.674. The molecule has 54 valence electrons. The summed E-state index contributed by atoms with van der Waals surface area (Å²) in [4.78, 5) is 3.26. The third-order valence-corrected chi connectivity index (χ3v) is 7.98. The molecule has 0 radical (unpaired) electrons. The van der Waals surface area contributed by atoms with Crippen LogP contribution in [0.25, 0.3) is 4.85 Å². The van der Waals surface area contributed by atoms with Gasteiger partial charge < -0.3 is 0 Å². The molecule has 0 aromatic heterocycles. The summed E-state index contributed by atoms with van der Waals surface area (Å²) in [5.74, 6) is 0. The Labute approximate surface area is 72.7 Å². The Kier molecular flexibility index (Phi) is 9.04. The van der Waals surface area contributed by atoms with Gasteiger partial charge in [0.2, 0.25) is 0 Å². The molecule has 0 N–H and O–H groups in total. The van der Waals surface area contributed by atoms with Crippen molar-refractivity contribution in [3.8, 4) is 6.07 Å². The summed E-state index contributed by atoms with van der Waals surface area (Å²) < 4.78 is 0. The zero-order chi connectivity index (χ0) is 7.66. The molecule has 0 rings (SSSR count). The fraction of sp³-hybridized carbons (Fsp3) is 0.667. The van der Waals surface area contributed by atoms with Crippen LogP contribution in [0.5, 0.6) is 0 Å². The van der Waals surface area contributed by atoms with Crippen molar-refractivity contribution in [3.05, 3.63) is 11.4 Å². The molecule has 0 aliphatic carbocycles. The van der Waals surface area contributed by atoms with E-state index >= 15 is 0 Å². The normalized spacial score (nSPS) is 8.20. The average Bonchev–Trinajstić information content (AvgIpc) is 1.97. The first-order valence-electron chi connectivity index (χ1n) is 2.86. The third-order valence-electron chi connectivity index (χ3n) is 0.667. The molecule has 2 nitrogen and oxygen atoms in total. The zero-order valence-corrected chi connectivity index (χ0v) is 8.97. The molecule has 0 aliphatic rings. The molecule has 0 unspecified atom stereocenters. The van der Waals surface area contributed by atoms with E-state index in [1.165, 1.54) is 0 Å². The van der Waals surface area contributed by atoms with Crippen molar-refractivity contribution in [2.24, 2.45) is 0 Å². The second-order valence-corrected chi connectivity index (χ2v) is 9.28. The molecule has 0 spiro atoms. The summed E-state index contributed by atoms with van der Waals surface area (Å²) in [6.45, 7) is 7.20. The summed E-state index contributed by atoms with van der Waals surface area (Å²) in [5.41, 5.74) is 0. The first kappa shape index (κ1) is 10.0. The first-order chi connectivity index (χ1) is 4.91. The van der Waals surface area contributed by atoms with E-state index in [4.69, 9.17) is 11.8 Å². The number of hydrogen-bond acceptors (Lipinski definition) is 1. The Morgan fingerprint density at radius 3 is 2.70 bits per heavy atom. The molecule has 10 heavy (non-hydrogen) atoms. The Balaban J connectivity index is 2.80. The summed E-state index contributed by atoms with van der Waals surface area (Å²) >= 11 is 1.35. The van der Waals surface area contributed by atoms with Crippen LogP contribution < -0.4 is 0 Å². The quantitative estimate of drug-likeness (QED) is 0.414. The van der Waals surface area contributed by atoms with Gasteiger partial charge in [-0.05, 0) is 0 Å². The van der Waals surface area contributed by atoms with Gasteiger partial charge in [0.05, 0.1) is 0 Å². The van der Waals surface area contributed by atoms with Crippen molar-refractivity contribution in [3.63, 3.8) is 0 Å². The van der Waals surface area contributed by atoms with Crippen LogP contribution >= 0.6 is 0 Å². The van der Waals surface area contributed by atoms with Gasteiger partial charge in [-0.1, -0.05) is 0 Å². The van der Waals surface area contributed by atoms with Crippen LogP contribution in [0.1, 0.15) is 6.42 Å². The molecule has 0 bridgehead atoms. The van der Waals surface area contributed by atoms with Crippen molar-refractivity contribution in [2.45, 2.75) is 17.1 Å². The van der Waals surface area contributed by atoms with E-state index in [0.717, 1.165) is 10.6 Å². The van der Waals surface area contributed by atoms with Crippen molar-refractivity contribution in [2.75, 3.05) is 6.54 Å². The van der Waals surface area contributed by atoms with Crippen LogP contribution in [-0.4, -0.2) is 32.8 Å². The second kappa shape index (κ2) is 9.02. The van der Waals surface area contributed by atoms with E-state index in [-0.39, 0.29) is 0 Å². The first-order valence-corrected chi connectivity index (χ1v) is 9.62. The summed E-state index contributed by atoms with van der Waals surface area (Å²) in [7, 11) is 0. The van der Waals surface area contributed by atoms with Gasteiger partial charge in [0.25, 0.3) is 0 Å². The van der Waals surface area contributed by atoms with E-state index < -0.39 is 0 Å². The van der Waals surface area contributed by atoms with Gasteiger partial charge in [-0.25, -0.2) is 0 Å². The van der Waals surface area contributed by atoms with Gasteiger partial charge in [0.15, 0.2) is 0 Å². The van der Waals surface area contributed by atoms with Gasteiger partial charge in [0.1, 0.15) is 0 Å². The predicted octanol–water partition coefficient (Wildman–Crippen LogP) is 0.979. The Bertz CT molecular complexity index is 127. The van der Waals surface area contributed by atoms with Gasteiger partial charge >= 0.3 is 72.6 Å². The van der Waals surface area contributed by atoms with Crippen molar-refractivity contribution >= 4 is 26.3 Å². The standard InChI is InChI=1S/C6H8N2Se2/c1-8-4-6-10-9-5-2-3-7/h2,4-6H2. The summed E-state index contributed by atoms with van der Waals surface area (Å²) in [6.07, 6.45) is 0.708. The molecule has 0 atom stereocenters. The monoisotopic (exact) mass is 268 g/mol. The number of hydrogen-bond donors (Lipinski definition) is 0. The number of nitriles is 1. The molecule has 0 amide bonds. The summed E-state index contributed by atoms with van der Waals surface area (Å²) in [6, 6.07) is 2.12. The van der Waals surface area contributed by atoms with E-state index in [2.05, 4.69) is 10.9 Å². The molecule has 0 saturated carbocycles. The van der Waals surface area contributed by atoms with Gasteiger partial charge in [-0.2, -0.15) is 0 Å².